The van der Waals surface area contributed by atoms with Crippen LogP contribution < -0.4 is 10.2 Å². The Kier molecular flexibility index (Phi) is 6.66. The van der Waals surface area contributed by atoms with E-state index in [1.165, 1.54) is 12.5 Å². The molecule has 0 heterocycles. The first kappa shape index (κ1) is 21.0. The lowest BCUT2D eigenvalue weighted by molar-refractivity contribution is -0.116. The van der Waals surface area contributed by atoms with Gasteiger partial charge in [0.15, 0.2) is 0 Å². The number of rotatable bonds is 5. The number of hydrogen-bond donors (Lipinski definition) is 1. The van der Waals surface area contributed by atoms with Crippen LogP contribution in [-0.2, 0) is 10.2 Å². The number of carbonyl (C=O) groups is 2. The topological polar surface area (TPSA) is 49.4 Å². The lowest BCUT2D eigenvalue weighted by Crippen LogP contribution is -2.38. The molecule has 2 aromatic rings. The molecule has 0 unspecified atom stereocenters. The Hall–Kier alpha value is -2.33. The average molecular weight is 387 g/mol. The lowest BCUT2D eigenvalue weighted by atomic mass is 9.87. The second-order valence-corrected chi connectivity index (χ2v) is 8.05. The van der Waals surface area contributed by atoms with Crippen LogP contribution in [0.5, 0.6) is 0 Å². The van der Waals surface area contributed by atoms with Gasteiger partial charge in [0.2, 0.25) is 5.91 Å². The molecule has 27 heavy (non-hydrogen) atoms. The van der Waals surface area contributed by atoms with Crippen LogP contribution in [-0.4, -0.2) is 24.9 Å². The van der Waals surface area contributed by atoms with Crippen molar-refractivity contribution >= 4 is 29.1 Å². The molecule has 0 spiro atoms. The molecule has 2 rings (SSSR count). The van der Waals surface area contributed by atoms with E-state index in [9.17, 15) is 9.59 Å². The quantitative estimate of drug-likeness (QED) is 0.807. The number of nitrogens with one attached hydrogen (secondary N) is 1. The zero-order chi connectivity index (χ0) is 20.2. The Bertz CT molecular complexity index is 823. The summed E-state index contributed by atoms with van der Waals surface area (Å²) in [6.45, 7) is 10.5. The van der Waals surface area contributed by atoms with Crippen LogP contribution in [0.2, 0.25) is 5.02 Å². The van der Waals surface area contributed by atoms with Crippen molar-refractivity contribution in [2.24, 2.45) is 0 Å². The summed E-state index contributed by atoms with van der Waals surface area (Å²) in [4.78, 5) is 26.1. The lowest BCUT2D eigenvalue weighted by Gasteiger charge is -2.24. The van der Waals surface area contributed by atoms with E-state index in [-0.39, 0.29) is 17.2 Å². The molecule has 2 amide bonds. The monoisotopic (exact) mass is 386 g/mol. The van der Waals surface area contributed by atoms with Crippen molar-refractivity contribution in [2.75, 3.05) is 18.0 Å². The van der Waals surface area contributed by atoms with E-state index in [0.29, 0.717) is 23.7 Å². The fourth-order valence-corrected chi connectivity index (χ4v) is 3.01. The van der Waals surface area contributed by atoms with Crippen LogP contribution in [0.15, 0.2) is 42.5 Å². The van der Waals surface area contributed by atoms with Gasteiger partial charge in [-0.2, -0.15) is 0 Å². The molecule has 0 atom stereocenters. The number of hydrogen-bond acceptors (Lipinski definition) is 2. The smallest absolute Gasteiger partial charge is 0.251 e. The molecule has 1 N–H and O–H groups in total. The van der Waals surface area contributed by atoms with Crippen LogP contribution in [0.4, 0.5) is 5.69 Å². The summed E-state index contributed by atoms with van der Waals surface area (Å²) in [6.07, 6.45) is 0. The highest BCUT2D eigenvalue weighted by Gasteiger charge is 2.16. The molecule has 0 saturated heterocycles. The summed E-state index contributed by atoms with van der Waals surface area (Å²) in [5.41, 5.74) is 3.44. The third-order valence-corrected chi connectivity index (χ3v) is 4.95. The Morgan fingerprint density at radius 3 is 2.26 bits per heavy atom. The van der Waals surface area contributed by atoms with Gasteiger partial charge in [-0.05, 0) is 47.7 Å². The Labute approximate surface area is 166 Å². The number of benzene rings is 2. The van der Waals surface area contributed by atoms with Gasteiger partial charge in [-0.25, -0.2) is 0 Å². The largest absolute Gasteiger partial charge is 0.350 e. The van der Waals surface area contributed by atoms with Gasteiger partial charge in [-0.15, -0.1) is 0 Å². The third-order valence-electron chi connectivity index (χ3n) is 4.54. The van der Waals surface area contributed by atoms with E-state index >= 15 is 0 Å². The highest BCUT2D eigenvalue weighted by Crippen LogP contribution is 2.26. The maximum Gasteiger partial charge on any atom is 0.251 e. The Balaban J connectivity index is 2.01. The van der Waals surface area contributed by atoms with Gasteiger partial charge in [0.1, 0.15) is 0 Å². The van der Waals surface area contributed by atoms with Gasteiger partial charge in [-0.1, -0.05) is 50.6 Å². The van der Waals surface area contributed by atoms with Crippen molar-refractivity contribution in [2.45, 2.75) is 40.0 Å². The summed E-state index contributed by atoms with van der Waals surface area (Å²) >= 11 is 6.16. The summed E-state index contributed by atoms with van der Waals surface area (Å²) in [6, 6.07) is 13.1. The molecule has 0 aromatic heterocycles. The average Bonchev–Trinajstić information content (AvgIpc) is 2.60. The molecule has 0 fully saturated rings. The first-order chi connectivity index (χ1) is 12.6. The molecule has 4 nitrogen and oxygen atoms in total. The van der Waals surface area contributed by atoms with Crippen LogP contribution in [0.1, 0.15) is 49.2 Å². The summed E-state index contributed by atoms with van der Waals surface area (Å²) < 4.78 is 0. The Morgan fingerprint density at radius 2 is 1.70 bits per heavy atom. The molecular weight excluding hydrogens is 360 g/mol. The van der Waals surface area contributed by atoms with Crippen LogP contribution in [0.3, 0.4) is 0 Å². The maximum atomic E-state index is 12.4. The molecule has 144 valence electrons. The molecule has 0 aliphatic carbocycles. The SMILES string of the molecule is CC(=O)N(CCNC(=O)c1ccc(C(C)(C)C)cc1)c1cccc(Cl)c1C. The first-order valence-electron chi connectivity index (χ1n) is 9.03. The second kappa shape index (κ2) is 8.57. The molecule has 0 radical (unpaired) electrons. The number of halogens is 1. The highest BCUT2D eigenvalue weighted by molar-refractivity contribution is 6.31. The number of nitrogens with zero attached hydrogens (tertiary/aromatic N) is 1. The predicted octanol–water partition coefficient (Wildman–Crippen LogP) is 4.73. The number of amides is 2. The predicted molar refractivity (Wildman–Crippen MR) is 112 cm³/mol. The molecular formula is C22H27ClN2O2. The van der Waals surface area contributed by atoms with Crippen molar-refractivity contribution in [1.82, 2.24) is 5.32 Å². The van der Waals surface area contributed by atoms with Crippen LogP contribution >= 0.6 is 11.6 Å². The van der Waals surface area contributed by atoms with Crippen LogP contribution in [0, 0.1) is 6.92 Å². The normalized spacial score (nSPS) is 11.2. The molecule has 2 aromatic carbocycles. The molecule has 5 heteroatoms. The number of anilines is 1. The van der Waals surface area contributed by atoms with E-state index in [1.54, 1.807) is 11.0 Å². The van der Waals surface area contributed by atoms with E-state index in [4.69, 9.17) is 11.6 Å². The fraction of sp³-hybridized carbons (Fsp3) is 0.364. The standard InChI is InChI=1S/C22H27ClN2O2/c1-15-19(23)7-6-8-20(15)25(16(2)26)14-13-24-21(27)17-9-11-18(12-10-17)22(3,4)5/h6-12H,13-14H2,1-5H3,(H,24,27). The van der Waals surface area contributed by atoms with Crippen molar-refractivity contribution in [3.63, 3.8) is 0 Å². The maximum absolute atomic E-state index is 12.4. The van der Waals surface area contributed by atoms with Gasteiger partial charge in [0.05, 0.1) is 0 Å². The number of carbonyl (C=O) groups excluding carboxylic acids is 2. The third kappa shape index (κ3) is 5.33. The fourth-order valence-electron chi connectivity index (χ4n) is 2.84. The van der Waals surface area contributed by atoms with Gasteiger partial charge < -0.3 is 10.2 Å². The van der Waals surface area contributed by atoms with E-state index in [1.807, 2.05) is 43.3 Å². The van der Waals surface area contributed by atoms with Gasteiger partial charge in [0, 0.05) is 36.3 Å². The second-order valence-electron chi connectivity index (χ2n) is 7.64. The van der Waals surface area contributed by atoms with E-state index in [0.717, 1.165) is 11.3 Å². The van der Waals surface area contributed by atoms with Crippen molar-refractivity contribution in [1.29, 1.82) is 0 Å². The minimum atomic E-state index is -0.151. The van der Waals surface area contributed by atoms with Crippen LogP contribution in [0.25, 0.3) is 0 Å². The molecule has 0 saturated carbocycles. The van der Waals surface area contributed by atoms with Gasteiger partial charge in [-0.3, -0.25) is 9.59 Å². The van der Waals surface area contributed by atoms with E-state index in [2.05, 4.69) is 26.1 Å². The minimum absolute atomic E-state index is 0.0474. The van der Waals surface area contributed by atoms with Crippen molar-refractivity contribution in [3.05, 3.63) is 64.2 Å². The van der Waals surface area contributed by atoms with Gasteiger partial charge in [0.25, 0.3) is 5.91 Å². The van der Waals surface area contributed by atoms with Crippen molar-refractivity contribution < 1.29 is 9.59 Å². The molecule has 0 aliphatic rings. The zero-order valence-electron chi connectivity index (χ0n) is 16.6. The molecule has 0 aliphatic heterocycles. The highest BCUT2D eigenvalue weighted by atomic mass is 35.5. The first-order valence-corrected chi connectivity index (χ1v) is 9.41. The van der Waals surface area contributed by atoms with Gasteiger partial charge >= 0.3 is 0 Å². The Morgan fingerprint density at radius 1 is 1.07 bits per heavy atom. The van der Waals surface area contributed by atoms with E-state index < -0.39 is 0 Å². The summed E-state index contributed by atoms with van der Waals surface area (Å²) in [5.74, 6) is -0.245. The minimum Gasteiger partial charge on any atom is -0.350 e. The molecule has 0 bridgehead atoms. The van der Waals surface area contributed by atoms with Crippen molar-refractivity contribution in [3.8, 4) is 0 Å². The summed E-state index contributed by atoms with van der Waals surface area (Å²) in [5, 5.41) is 3.49. The zero-order valence-corrected chi connectivity index (χ0v) is 17.4. The summed E-state index contributed by atoms with van der Waals surface area (Å²) in [7, 11) is 0.